The Balaban J connectivity index is 0.000000136. The van der Waals surface area contributed by atoms with Crippen LogP contribution in [0, 0.1) is 0 Å². The lowest BCUT2D eigenvalue weighted by Crippen LogP contribution is -2.17. The van der Waals surface area contributed by atoms with Crippen LogP contribution in [0.1, 0.15) is 15.9 Å². The molecule has 1 aliphatic heterocycles. The fourth-order valence-electron chi connectivity index (χ4n) is 3.15. The third-order valence-corrected chi connectivity index (χ3v) is 4.51. The Bertz CT molecular complexity index is 1070. The van der Waals surface area contributed by atoms with Crippen molar-refractivity contribution in [2.45, 2.75) is 6.54 Å². The molecule has 6 heteroatoms. The van der Waals surface area contributed by atoms with Gasteiger partial charge in [0.15, 0.2) is 0 Å². The van der Waals surface area contributed by atoms with Crippen LogP contribution in [0.15, 0.2) is 73.3 Å². The summed E-state index contributed by atoms with van der Waals surface area (Å²) in [6, 6.07) is 17.7. The standard InChI is InChI=1S/C11H11N3O.C10H8N2/c1-12-11(15)9-4-2-3-8(7-9)10-5-6-13-14-10;1-2-4-9-8(3-1)6-12-7-11-5-10(9)12/h2-7H,1H3,(H,12,15)(H,13,14);1-5,7H,6H2. The van der Waals surface area contributed by atoms with Crippen molar-refractivity contribution in [2.75, 3.05) is 7.05 Å². The molecule has 0 spiro atoms. The van der Waals surface area contributed by atoms with E-state index in [9.17, 15) is 4.79 Å². The third-order valence-electron chi connectivity index (χ3n) is 4.51. The molecule has 2 aromatic heterocycles. The SMILES string of the molecule is CNC(=O)c1cccc(-c2ccn[nH]2)c1.c1ccc2c(c1)Cn1cncc1-2. The summed E-state index contributed by atoms with van der Waals surface area (Å²) in [5.74, 6) is -0.0867. The van der Waals surface area contributed by atoms with Crippen molar-refractivity contribution in [3.8, 4) is 22.5 Å². The number of carbonyl (C=O) groups is 1. The monoisotopic (exact) mass is 357 g/mol. The largest absolute Gasteiger partial charge is 0.355 e. The summed E-state index contributed by atoms with van der Waals surface area (Å²) in [4.78, 5) is 15.5. The van der Waals surface area contributed by atoms with Crippen molar-refractivity contribution in [1.29, 1.82) is 0 Å². The number of hydrogen-bond donors (Lipinski definition) is 2. The number of imidazole rings is 1. The first-order valence-corrected chi connectivity index (χ1v) is 8.66. The normalized spacial score (nSPS) is 11.1. The molecule has 0 aliphatic carbocycles. The highest BCUT2D eigenvalue weighted by atomic mass is 16.1. The Morgan fingerprint density at radius 3 is 2.85 bits per heavy atom. The Morgan fingerprint density at radius 1 is 1.15 bits per heavy atom. The van der Waals surface area contributed by atoms with Crippen LogP contribution in [0.3, 0.4) is 0 Å². The third kappa shape index (κ3) is 3.37. The smallest absolute Gasteiger partial charge is 0.251 e. The van der Waals surface area contributed by atoms with E-state index in [1.54, 1.807) is 19.3 Å². The van der Waals surface area contributed by atoms with Crippen LogP contribution in [0.4, 0.5) is 0 Å². The zero-order chi connectivity index (χ0) is 18.6. The molecule has 27 heavy (non-hydrogen) atoms. The highest BCUT2D eigenvalue weighted by molar-refractivity contribution is 5.95. The molecule has 0 fully saturated rings. The van der Waals surface area contributed by atoms with Gasteiger partial charge in [-0.1, -0.05) is 36.4 Å². The predicted molar refractivity (Wildman–Crippen MR) is 104 cm³/mol. The van der Waals surface area contributed by atoms with Crippen LogP contribution in [0.2, 0.25) is 0 Å². The highest BCUT2D eigenvalue weighted by Gasteiger charge is 2.16. The van der Waals surface area contributed by atoms with Crippen LogP contribution in [0.5, 0.6) is 0 Å². The van der Waals surface area contributed by atoms with Gasteiger partial charge in [-0.25, -0.2) is 4.98 Å². The first-order valence-electron chi connectivity index (χ1n) is 8.66. The van der Waals surface area contributed by atoms with Crippen molar-refractivity contribution in [3.63, 3.8) is 0 Å². The number of H-pyrrole nitrogens is 1. The van der Waals surface area contributed by atoms with Crippen molar-refractivity contribution in [1.82, 2.24) is 25.1 Å². The molecule has 0 atom stereocenters. The molecule has 0 radical (unpaired) electrons. The van der Waals surface area contributed by atoms with E-state index in [4.69, 9.17) is 0 Å². The molecule has 0 bridgehead atoms. The number of rotatable bonds is 2. The number of benzene rings is 2. The minimum absolute atomic E-state index is 0.0867. The fourth-order valence-corrected chi connectivity index (χ4v) is 3.15. The van der Waals surface area contributed by atoms with Gasteiger partial charge in [0.1, 0.15) is 0 Å². The van der Waals surface area contributed by atoms with Gasteiger partial charge in [-0.05, 0) is 23.8 Å². The van der Waals surface area contributed by atoms with Crippen LogP contribution in [0.25, 0.3) is 22.5 Å². The van der Waals surface area contributed by atoms with Crippen molar-refractivity contribution >= 4 is 5.91 Å². The molecule has 5 rings (SSSR count). The van der Waals surface area contributed by atoms with Gasteiger partial charge in [-0.2, -0.15) is 5.10 Å². The summed E-state index contributed by atoms with van der Waals surface area (Å²) in [6.07, 6.45) is 5.49. The number of aromatic amines is 1. The van der Waals surface area contributed by atoms with Gasteiger partial charge in [-0.15, -0.1) is 0 Å². The van der Waals surface area contributed by atoms with Crippen molar-refractivity contribution < 1.29 is 4.79 Å². The molecule has 0 saturated carbocycles. The second-order valence-electron chi connectivity index (χ2n) is 6.19. The Morgan fingerprint density at radius 2 is 2.04 bits per heavy atom. The molecule has 134 valence electrons. The van der Waals surface area contributed by atoms with Gasteiger partial charge in [0, 0.05) is 36.5 Å². The minimum atomic E-state index is -0.0867. The van der Waals surface area contributed by atoms with Crippen molar-refractivity contribution in [3.05, 3.63) is 84.4 Å². The second-order valence-corrected chi connectivity index (χ2v) is 6.19. The van der Waals surface area contributed by atoms with E-state index >= 15 is 0 Å². The van der Waals surface area contributed by atoms with Gasteiger partial charge in [0.25, 0.3) is 5.91 Å². The lowest BCUT2D eigenvalue weighted by atomic mass is 10.1. The molecular weight excluding hydrogens is 338 g/mol. The quantitative estimate of drug-likeness (QED) is 0.509. The molecule has 4 aromatic rings. The molecule has 6 nitrogen and oxygen atoms in total. The van der Waals surface area contributed by atoms with E-state index in [0.717, 1.165) is 17.8 Å². The average Bonchev–Trinajstić information content (AvgIpc) is 3.45. The summed E-state index contributed by atoms with van der Waals surface area (Å²) < 4.78 is 2.17. The maximum atomic E-state index is 11.4. The van der Waals surface area contributed by atoms with E-state index in [1.165, 1.54) is 16.8 Å². The number of nitrogens with zero attached hydrogens (tertiary/aromatic N) is 3. The summed E-state index contributed by atoms with van der Waals surface area (Å²) in [5.41, 5.74) is 6.47. The van der Waals surface area contributed by atoms with E-state index in [2.05, 4.69) is 49.3 Å². The summed E-state index contributed by atoms with van der Waals surface area (Å²) in [6.45, 7) is 0.978. The Hall–Kier alpha value is -3.67. The zero-order valence-corrected chi connectivity index (χ0v) is 14.9. The van der Waals surface area contributed by atoms with Crippen LogP contribution in [-0.2, 0) is 6.54 Å². The predicted octanol–water partition coefficient (Wildman–Crippen LogP) is 3.35. The molecule has 1 amide bonds. The zero-order valence-electron chi connectivity index (χ0n) is 14.9. The van der Waals surface area contributed by atoms with E-state index in [-0.39, 0.29) is 5.91 Å². The fraction of sp³-hybridized carbons (Fsp3) is 0.0952. The van der Waals surface area contributed by atoms with Crippen molar-refractivity contribution in [2.24, 2.45) is 0 Å². The van der Waals surface area contributed by atoms with Gasteiger partial charge in [0.2, 0.25) is 0 Å². The molecule has 0 unspecified atom stereocenters. The first kappa shape index (κ1) is 16.8. The second kappa shape index (κ2) is 7.29. The first-order chi connectivity index (χ1) is 13.3. The maximum absolute atomic E-state index is 11.4. The van der Waals surface area contributed by atoms with E-state index in [1.807, 2.05) is 36.8 Å². The van der Waals surface area contributed by atoms with Crippen LogP contribution in [-0.4, -0.2) is 32.7 Å². The Labute approximate surface area is 156 Å². The number of amides is 1. The summed E-state index contributed by atoms with van der Waals surface area (Å²) in [7, 11) is 1.62. The van der Waals surface area contributed by atoms with Crippen LogP contribution >= 0.6 is 0 Å². The maximum Gasteiger partial charge on any atom is 0.251 e. The van der Waals surface area contributed by atoms with Gasteiger partial charge in [0.05, 0.1) is 23.9 Å². The molecule has 2 N–H and O–H groups in total. The molecule has 1 aliphatic rings. The van der Waals surface area contributed by atoms with E-state index < -0.39 is 0 Å². The molecule has 2 aromatic carbocycles. The topological polar surface area (TPSA) is 75.6 Å². The molecule has 0 saturated heterocycles. The van der Waals surface area contributed by atoms with Gasteiger partial charge >= 0.3 is 0 Å². The van der Waals surface area contributed by atoms with E-state index in [0.29, 0.717) is 5.56 Å². The average molecular weight is 357 g/mol. The number of hydrogen-bond acceptors (Lipinski definition) is 3. The number of carbonyl (C=O) groups excluding carboxylic acids is 1. The summed E-state index contributed by atoms with van der Waals surface area (Å²) in [5, 5.41) is 9.31. The number of nitrogens with one attached hydrogen (secondary N) is 2. The molecular formula is C21H19N5O. The van der Waals surface area contributed by atoms with Gasteiger partial charge < -0.3 is 9.88 Å². The highest BCUT2D eigenvalue weighted by Crippen LogP contribution is 2.30. The molecule has 3 heterocycles. The lowest BCUT2D eigenvalue weighted by Gasteiger charge is -2.02. The number of fused-ring (bicyclic) bond motifs is 3. The minimum Gasteiger partial charge on any atom is -0.355 e. The Kier molecular flexibility index (Phi) is 4.53. The van der Waals surface area contributed by atoms with Gasteiger partial charge in [-0.3, -0.25) is 9.89 Å². The number of aromatic nitrogens is 4. The lowest BCUT2D eigenvalue weighted by molar-refractivity contribution is 0.0963. The van der Waals surface area contributed by atoms with Crippen LogP contribution < -0.4 is 5.32 Å². The summed E-state index contributed by atoms with van der Waals surface area (Å²) >= 11 is 0.